The van der Waals surface area contributed by atoms with Crippen molar-refractivity contribution in [3.8, 4) is 0 Å². The van der Waals surface area contributed by atoms with Gasteiger partial charge < -0.3 is 10.2 Å². The molecule has 0 fully saturated rings. The van der Waals surface area contributed by atoms with Gasteiger partial charge in [0, 0.05) is 35.9 Å². The van der Waals surface area contributed by atoms with Crippen LogP contribution in [0.4, 0.5) is 5.69 Å². The largest absolute Gasteiger partial charge is 0.383 e. The summed E-state index contributed by atoms with van der Waals surface area (Å²) in [5, 5.41) is 4.10. The van der Waals surface area contributed by atoms with E-state index < -0.39 is 0 Å². The smallest absolute Gasteiger partial charge is 0.150 e. The second kappa shape index (κ2) is 13.0. The normalized spacial score (nSPS) is 11.5. The van der Waals surface area contributed by atoms with E-state index in [2.05, 4.69) is 39.2 Å². The number of carbonyl (C=O) groups excluding carboxylic acids is 1. The highest BCUT2D eigenvalue weighted by molar-refractivity contribution is 6.31. The van der Waals surface area contributed by atoms with Gasteiger partial charge in [0.1, 0.15) is 0 Å². The van der Waals surface area contributed by atoms with Gasteiger partial charge in [-0.05, 0) is 62.2 Å². The van der Waals surface area contributed by atoms with Crippen LogP contribution in [0.25, 0.3) is 6.08 Å². The number of nitrogens with one attached hydrogen (secondary N) is 1. The summed E-state index contributed by atoms with van der Waals surface area (Å²) in [5.74, 6) is 0. The monoisotopic (exact) mass is 402 g/mol. The second-order valence-electron chi connectivity index (χ2n) is 7.12. The molecular formula is C24H35ClN2O. The van der Waals surface area contributed by atoms with E-state index in [1.165, 1.54) is 0 Å². The molecule has 1 aromatic rings. The van der Waals surface area contributed by atoms with Gasteiger partial charge in [-0.1, -0.05) is 56.8 Å². The summed E-state index contributed by atoms with van der Waals surface area (Å²) in [4.78, 5) is 13.2. The number of aldehydes is 1. The highest BCUT2D eigenvalue weighted by atomic mass is 35.5. The number of hydrogen-bond acceptors (Lipinski definition) is 3. The lowest BCUT2D eigenvalue weighted by Gasteiger charge is -2.29. The highest BCUT2D eigenvalue weighted by Gasteiger charge is 2.19. The van der Waals surface area contributed by atoms with Gasteiger partial charge in [-0.25, -0.2) is 0 Å². The molecule has 0 saturated heterocycles. The number of nitrogens with zero attached hydrogens (tertiary/aromatic N) is 1. The molecule has 154 valence electrons. The maximum Gasteiger partial charge on any atom is 0.150 e. The Morgan fingerprint density at radius 3 is 2.25 bits per heavy atom. The van der Waals surface area contributed by atoms with Crippen molar-refractivity contribution >= 4 is 29.7 Å². The predicted molar refractivity (Wildman–Crippen MR) is 126 cm³/mol. The first kappa shape index (κ1) is 25.7. The molecule has 0 aliphatic heterocycles. The molecule has 0 aliphatic rings. The van der Waals surface area contributed by atoms with E-state index >= 15 is 0 Å². The lowest BCUT2D eigenvalue weighted by molar-refractivity contribution is 0.112. The number of allylic oxidation sites excluding steroid dienone is 4. The summed E-state index contributed by atoms with van der Waals surface area (Å²) < 4.78 is 0. The number of halogens is 1. The third kappa shape index (κ3) is 9.61. The Morgan fingerprint density at radius 2 is 1.86 bits per heavy atom. The maximum atomic E-state index is 11.3. The van der Waals surface area contributed by atoms with Gasteiger partial charge in [-0.15, -0.1) is 0 Å². The quantitative estimate of drug-likeness (QED) is 0.360. The van der Waals surface area contributed by atoms with Crippen LogP contribution in [0.2, 0.25) is 0 Å². The Morgan fingerprint density at radius 1 is 1.25 bits per heavy atom. The number of hydrogen-bond donors (Lipinski definition) is 1. The SMILES string of the molecule is C=C/C=C(/C)C(=C)Cl.CCC(C)(CC)Nc1ccc(/C=C\N(C)C)c(C=O)c1. The van der Waals surface area contributed by atoms with Crippen molar-refractivity contribution in [3.05, 3.63) is 71.4 Å². The summed E-state index contributed by atoms with van der Waals surface area (Å²) >= 11 is 5.50. The number of benzene rings is 1. The average Bonchev–Trinajstić information content (AvgIpc) is 2.67. The van der Waals surface area contributed by atoms with Gasteiger partial charge in [0.05, 0.1) is 0 Å². The van der Waals surface area contributed by atoms with Crippen molar-refractivity contribution in [2.45, 2.75) is 46.1 Å². The standard InChI is InChI=1S/C17H26N2O.C7H9Cl/c1-6-17(3,7-2)18-16-9-8-14(10-11-19(4)5)15(12-16)13-20;1-4-5-6(2)7(3)8/h8-13,18H,6-7H2,1-5H3;4-5H,1,3H2,2H3/b11-10-;6-5-. The van der Waals surface area contributed by atoms with Crippen LogP contribution in [0.1, 0.15) is 56.5 Å². The molecule has 0 unspecified atom stereocenters. The first-order chi connectivity index (χ1) is 13.1. The molecule has 0 bridgehead atoms. The fourth-order valence-corrected chi connectivity index (χ4v) is 2.24. The molecule has 0 aromatic heterocycles. The van der Waals surface area contributed by atoms with Crippen LogP contribution >= 0.6 is 11.6 Å². The summed E-state index contributed by atoms with van der Waals surface area (Å²) in [7, 11) is 3.92. The Balaban J connectivity index is 0.000000769. The van der Waals surface area contributed by atoms with Crippen LogP contribution in [0.5, 0.6) is 0 Å². The van der Waals surface area contributed by atoms with Crippen LogP contribution in [-0.4, -0.2) is 30.8 Å². The van der Waals surface area contributed by atoms with E-state index in [1.54, 1.807) is 6.08 Å². The molecule has 0 heterocycles. The van der Waals surface area contributed by atoms with Gasteiger partial charge in [0.25, 0.3) is 0 Å². The van der Waals surface area contributed by atoms with Crippen molar-refractivity contribution < 1.29 is 4.79 Å². The fraction of sp³-hybridized carbons (Fsp3) is 0.375. The van der Waals surface area contributed by atoms with Gasteiger partial charge in [-0.2, -0.15) is 0 Å². The van der Waals surface area contributed by atoms with Gasteiger partial charge in [-0.3, -0.25) is 4.79 Å². The molecule has 3 nitrogen and oxygen atoms in total. The first-order valence-corrected chi connectivity index (χ1v) is 9.86. The van der Waals surface area contributed by atoms with E-state index in [9.17, 15) is 4.79 Å². The molecule has 4 heteroatoms. The summed E-state index contributed by atoms with van der Waals surface area (Å²) in [5.41, 5.74) is 3.68. The Labute approximate surface area is 176 Å². The zero-order valence-electron chi connectivity index (χ0n) is 18.2. The Kier molecular flexibility index (Phi) is 12.0. The summed E-state index contributed by atoms with van der Waals surface area (Å²) in [6, 6.07) is 5.94. The van der Waals surface area contributed by atoms with Crippen molar-refractivity contribution in [1.29, 1.82) is 0 Å². The Bertz CT molecular complexity index is 713. The van der Waals surface area contributed by atoms with Crippen molar-refractivity contribution in [3.63, 3.8) is 0 Å². The van der Waals surface area contributed by atoms with E-state index in [-0.39, 0.29) is 5.54 Å². The molecule has 1 rings (SSSR count). The molecule has 0 atom stereocenters. The third-order valence-corrected chi connectivity index (χ3v) is 4.87. The second-order valence-corrected chi connectivity index (χ2v) is 7.58. The minimum absolute atomic E-state index is 0.0706. The average molecular weight is 403 g/mol. The molecule has 0 aliphatic carbocycles. The number of rotatable bonds is 9. The molecule has 0 amide bonds. The highest BCUT2D eigenvalue weighted by Crippen LogP contribution is 2.23. The Hall–Kier alpha value is -2.26. The lowest BCUT2D eigenvalue weighted by atomic mass is 9.94. The van der Waals surface area contributed by atoms with Crippen molar-refractivity contribution in [2.24, 2.45) is 0 Å². The first-order valence-electron chi connectivity index (χ1n) is 9.48. The molecular weight excluding hydrogens is 368 g/mol. The third-order valence-electron chi connectivity index (χ3n) is 4.57. The van der Waals surface area contributed by atoms with Crippen LogP contribution in [0, 0.1) is 0 Å². The molecule has 0 spiro atoms. The topological polar surface area (TPSA) is 32.3 Å². The van der Waals surface area contributed by atoms with Crippen molar-refractivity contribution in [2.75, 3.05) is 19.4 Å². The number of anilines is 1. The van der Waals surface area contributed by atoms with Gasteiger partial charge in [0.15, 0.2) is 6.29 Å². The summed E-state index contributed by atoms with van der Waals surface area (Å²) in [6.45, 7) is 15.5. The fourth-order valence-electron chi connectivity index (χ4n) is 2.18. The van der Waals surface area contributed by atoms with Crippen LogP contribution < -0.4 is 5.32 Å². The van der Waals surface area contributed by atoms with Crippen LogP contribution in [0.15, 0.2) is 60.3 Å². The van der Waals surface area contributed by atoms with E-state index in [0.717, 1.165) is 36.0 Å². The minimum atomic E-state index is 0.0706. The van der Waals surface area contributed by atoms with Crippen LogP contribution in [0.3, 0.4) is 0 Å². The molecule has 0 saturated carbocycles. The maximum absolute atomic E-state index is 11.3. The molecule has 28 heavy (non-hydrogen) atoms. The van der Waals surface area contributed by atoms with E-state index in [1.807, 2.05) is 62.5 Å². The van der Waals surface area contributed by atoms with Gasteiger partial charge in [0.2, 0.25) is 0 Å². The zero-order chi connectivity index (χ0) is 21.7. The number of carbonyl (C=O) groups is 1. The molecule has 1 aromatic carbocycles. The molecule has 1 N–H and O–H groups in total. The van der Waals surface area contributed by atoms with E-state index in [0.29, 0.717) is 10.6 Å². The van der Waals surface area contributed by atoms with Crippen LogP contribution in [-0.2, 0) is 0 Å². The lowest BCUT2D eigenvalue weighted by Crippen LogP contribution is -2.32. The van der Waals surface area contributed by atoms with Gasteiger partial charge >= 0.3 is 0 Å². The summed E-state index contributed by atoms with van der Waals surface area (Å²) in [6.07, 6.45) is 10.4. The predicted octanol–water partition coefficient (Wildman–Crippen LogP) is 6.89. The van der Waals surface area contributed by atoms with Crippen molar-refractivity contribution in [1.82, 2.24) is 4.90 Å². The molecule has 0 radical (unpaired) electrons. The zero-order valence-corrected chi connectivity index (χ0v) is 18.9. The van der Waals surface area contributed by atoms with E-state index in [4.69, 9.17) is 11.6 Å². The minimum Gasteiger partial charge on any atom is -0.383 e.